The first-order valence-corrected chi connectivity index (χ1v) is 10.8. The second-order valence-electron chi connectivity index (χ2n) is 6.64. The van der Waals surface area contributed by atoms with Crippen molar-refractivity contribution < 1.29 is 38.4 Å². The Balaban J connectivity index is 3.29. The first-order chi connectivity index (χ1) is 15.1. The molecule has 0 aromatic rings. The molecule has 0 rings (SSSR count). The van der Waals surface area contributed by atoms with Crippen molar-refractivity contribution in [1.29, 1.82) is 0 Å². The highest BCUT2D eigenvalue weighted by molar-refractivity contribution is 5.76. The van der Waals surface area contributed by atoms with Crippen LogP contribution in [-0.2, 0) is 33.3 Å². The third-order valence-electron chi connectivity index (χ3n) is 3.91. The molecule has 2 amide bonds. The summed E-state index contributed by atoms with van der Waals surface area (Å²) in [6, 6.07) is 0. The summed E-state index contributed by atoms with van der Waals surface area (Å²) in [5.74, 6) is -0.971. The van der Waals surface area contributed by atoms with Gasteiger partial charge in [0.05, 0.1) is 59.3 Å². The highest BCUT2D eigenvalue weighted by atomic mass is 16.5. The van der Waals surface area contributed by atoms with Gasteiger partial charge in [0.25, 0.3) is 0 Å². The zero-order chi connectivity index (χ0) is 23.0. The van der Waals surface area contributed by atoms with E-state index < -0.39 is 5.97 Å². The third kappa shape index (κ3) is 24.4. The van der Waals surface area contributed by atoms with Crippen LogP contribution in [0.15, 0.2) is 0 Å². The van der Waals surface area contributed by atoms with E-state index in [1.807, 2.05) is 0 Å². The molecule has 0 aromatic heterocycles. The molecular weight excluding hydrogens is 410 g/mol. The number of nitrogens with two attached hydrogens (primary N) is 1. The lowest BCUT2D eigenvalue weighted by molar-refractivity contribution is -0.138. The molecule has 0 radical (unpaired) electrons. The minimum Gasteiger partial charge on any atom is -0.481 e. The average molecular weight is 450 g/mol. The summed E-state index contributed by atoms with van der Waals surface area (Å²) < 4.78 is 20.8. The Morgan fingerprint density at radius 1 is 0.613 bits per heavy atom. The second-order valence-corrected chi connectivity index (χ2v) is 6.64. The Bertz CT molecular complexity index is 466. The number of carboxylic acids is 1. The van der Waals surface area contributed by atoms with Crippen LogP contribution in [0, 0.1) is 0 Å². The Morgan fingerprint density at radius 2 is 1.16 bits per heavy atom. The van der Waals surface area contributed by atoms with Crippen molar-refractivity contribution in [3.8, 4) is 0 Å². The van der Waals surface area contributed by atoms with Gasteiger partial charge in [0.2, 0.25) is 11.8 Å². The summed E-state index contributed by atoms with van der Waals surface area (Å²) in [6.07, 6.45) is 3.16. The van der Waals surface area contributed by atoms with E-state index in [1.165, 1.54) is 0 Å². The molecule has 0 aliphatic carbocycles. The van der Waals surface area contributed by atoms with Crippen molar-refractivity contribution >= 4 is 17.8 Å². The molecule has 0 spiro atoms. The Hall–Kier alpha value is -1.79. The van der Waals surface area contributed by atoms with Crippen LogP contribution >= 0.6 is 0 Å². The van der Waals surface area contributed by atoms with Crippen LogP contribution in [0.25, 0.3) is 0 Å². The van der Waals surface area contributed by atoms with Gasteiger partial charge in [0.15, 0.2) is 0 Å². The van der Waals surface area contributed by atoms with Crippen molar-refractivity contribution in [1.82, 2.24) is 10.6 Å². The number of nitrogens with one attached hydrogen (secondary N) is 2. The van der Waals surface area contributed by atoms with Crippen molar-refractivity contribution in [2.24, 2.45) is 5.73 Å². The number of ether oxygens (including phenoxy) is 4. The lowest BCUT2D eigenvalue weighted by atomic mass is 10.2. The fourth-order valence-electron chi connectivity index (χ4n) is 2.31. The summed E-state index contributed by atoms with van der Waals surface area (Å²) in [5, 5.41) is 14.1. The summed E-state index contributed by atoms with van der Waals surface area (Å²) in [7, 11) is 0. The van der Waals surface area contributed by atoms with Gasteiger partial charge in [-0.15, -0.1) is 0 Å². The molecule has 0 atom stereocenters. The summed E-state index contributed by atoms with van der Waals surface area (Å²) in [6.45, 7) is 4.52. The van der Waals surface area contributed by atoms with Gasteiger partial charge in [-0.25, -0.2) is 0 Å². The summed E-state index contributed by atoms with van der Waals surface area (Å²) >= 11 is 0. The normalized spacial score (nSPS) is 10.7. The fraction of sp³-hybridized carbons (Fsp3) is 0.850. The largest absolute Gasteiger partial charge is 0.481 e. The fourth-order valence-corrected chi connectivity index (χ4v) is 2.31. The molecular formula is C20H39N3O8. The maximum absolute atomic E-state index is 11.7. The molecule has 0 heterocycles. The number of carboxylic acid groups (broad SMARTS) is 1. The Kier molecular flexibility index (Phi) is 21.6. The van der Waals surface area contributed by atoms with Crippen LogP contribution in [0.3, 0.4) is 0 Å². The smallest absolute Gasteiger partial charge is 0.305 e. The van der Waals surface area contributed by atoms with E-state index in [-0.39, 0.29) is 24.8 Å². The van der Waals surface area contributed by atoms with Gasteiger partial charge in [-0.3, -0.25) is 14.4 Å². The van der Waals surface area contributed by atoms with Crippen molar-refractivity contribution in [2.45, 2.75) is 38.5 Å². The molecule has 0 fully saturated rings. The van der Waals surface area contributed by atoms with Crippen LogP contribution < -0.4 is 16.4 Å². The van der Waals surface area contributed by atoms with Crippen molar-refractivity contribution in [3.63, 3.8) is 0 Å². The van der Waals surface area contributed by atoms with E-state index in [9.17, 15) is 14.4 Å². The number of rotatable bonds is 23. The molecule has 0 unspecified atom stereocenters. The first kappa shape index (κ1) is 29.2. The lowest BCUT2D eigenvalue weighted by Gasteiger charge is -2.08. The van der Waals surface area contributed by atoms with E-state index >= 15 is 0 Å². The predicted molar refractivity (Wildman–Crippen MR) is 114 cm³/mol. The number of carbonyl (C=O) groups is 3. The zero-order valence-electron chi connectivity index (χ0n) is 18.4. The molecule has 0 saturated heterocycles. The van der Waals surface area contributed by atoms with Gasteiger partial charge >= 0.3 is 5.97 Å². The number of hydrogen-bond donors (Lipinski definition) is 4. The van der Waals surface area contributed by atoms with Gasteiger partial charge in [-0.1, -0.05) is 6.42 Å². The van der Waals surface area contributed by atoms with Crippen LogP contribution in [0.2, 0.25) is 0 Å². The van der Waals surface area contributed by atoms with Crippen LogP contribution in [0.1, 0.15) is 38.5 Å². The number of amides is 2. The second kappa shape index (κ2) is 22.9. The number of carbonyl (C=O) groups excluding carboxylic acids is 2. The monoisotopic (exact) mass is 449 g/mol. The molecule has 0 saturated carbocycles. The molecule has 5 N–H and O–H groups in total. The Morgan fingerprint density at radius 3 is 1.81 bits per heavy atom. The minimum absolute atomic E-state index is 0.0240. The number of unbranched alkanes of at least 4 members (excludes halogenated alkanes) is 2. The minimum atomic E-state index is -0.893. The highest BCUT2D eigenvalue weighted by Gasteiger charge is 2.03. The van der Waals surface area contributed by atoms with Gasteiger partial charge in [-0.05, 0) is 12.8 Å². The molecule has 0 bridgehead atoms. The van der Waals surface area contributed by atoms with Crippen molar-refractivity contribution in [2.75, 3.05) is 72.5 Å². The van der Waals surface area contributed by atoms with E-state index in [0.29, 0.717) is 78.7 Å². The van der Waals surface area contributed by atoms with E-state index in [4.69, 9.17) is 29.8 Å². The quantitative estimate of drug-likeness (QED) is 0.153. The lowest BCUT2D eigenvalue weighted by Crippen LogP contribution is -2.27. The first-order valence-electron chi connectivity index (χ1n) is 10.8. The van der Waals surface area contributed by atoms with Gasteiger partial charge in [0.1, 0.15) is 0 Å². The van der Waals surface area contributed by atoms with Crippen LogP contribution in [-0.4, -0.2) is 95.4 Å². The van der Waals surface area contributed by atoms with Gasteiger partial charge < -0.3 is 40.4 Å². The van der Waals surface area contributed by atoms with Crippen LogP contribution in [0.4, 0.5) is 0 Å². The maximum atomic E-state index is 11.7. The SMILES string of the molecule is NCCOCCOCCC(=O)NCCCCCC(=O)NCCOCCOCCC(=O)O. The highest BCUT2D eigenvalue weighted by Crippen LogP contribution is 1.99. The van der Waals surface area contributed by atoms with Crippen molar-refractivity contribution in [3.05, 3.63) is 0 Å². The maximum Gasteiger partial charge on any atom is 0.305 e. The molecule has 0 aliphatic rings. The number of aliphatic carboxylic acids is 1. The molecule has 182 valence electrons. The van der Waals surface area contributed by atoms with Crippen LogP contribution in [0.5, 0.6) is 0 Å². The topological polar surface area (TPSA) is 158 Å². The molecule has 0 aliphatic heterocycles. The predicted octanol–water partition coefficient (Wildman–Crippen LogP) is -0.331. The standard InChI is InChI=1S/C20H39N3O8/c21-7-12-30-16-14-28-10-5-19(25)22-8-3-1-2-4-18(24)23-9-13-31-17-15-29-11-6-20(26)27/h1-17,21H2,(H,22,25)(H,23,24)(H,26,27). The summed E-state index contributed by atoms with van der Waals surface area (Å²) in [5.41, 5.74) is 5.29. The molecule has 11 heteroatoms. The van der Waals surface area contributed by atoms with Gasteiger partial charge in [0, 0.05) is 32.5 Å². The molecule has 31 heavy (non-hydrogen) atoms. The average Bonchev–Trinajstić information content (AvgIpc) is 2.74. The summed E-state index contributed by atoms with van der Waals surface area (Å²) in [4.78, 5) is 33.6. The number of hydrogen-bond acceptors (Lipinski definition) is 8. The van der Waals surface area contributed by atoms with E-state index in [0.717, 1.165) is 19.3 Å². The zero-order valence-corrected chi connectivity index (χ0v) is 18.4. The van der Waals surface area contributed by atoms with E-state index in [1.54, 1.807) is 0 Å². The van der Waals surface area contributed by atoms with E-state index in [2.05, 4.69) is 10.6 Å². The molecule has 11 nitrogen and oxygen atoms in total. The third-order valence-corrected chi connectivity index (χ3v) is 3.91. The van der Waals surface area contributed by atoms with Gasteiger partial charge in [-0.2, -0.15) is 0 Å². The molecule has 0 aromatic carbocycles. The Labute approximate surface area is 184 Å².